The van der Waals surface area contributed by atoms with Crippen molar-refractivity contribution in [1.82, 2.24) is 4.98 Å². The van der Waals surface area contributed by atoms with Crippen LogP contribution in [0.3, 0.4) is 0 Å². The van der Waals surface area contributed by atoms with Gasteiger partial charge in [-0.15, -0.1) is 11.3 Å². The molecular weight excluding hydrogens is 328 g/mol. The fourth-order valence-corrected chi connectivity index (χ4v) is 4.07. The van der Waals surface area contributed by atoms with Crippen molar-refractivity contribution in [3.05, 3.63) is 70.8 Å². The highest BCUT2D eigenvalue weighted by Crippen LogP contribution is 2.39. The fraction of sp³-hybridized carbons (Fsp3) is 0. The van der Waals surface area contributed by atoms with Crippen molar-refractivity contribution in [2.45, 2.75) is 0 Å². The van der Waals surface area contributed by atoms with E-state index in [1.54, 1.807) is 24.5 Å². The van der Waals surface area contributed by atoms with Gasteiger partial charge < -0.3 is 5.32 Å². The van der Waals surface area contributed by atoms with Crippen LogP contribution in [-0.2, 0) is 0 Å². The molecule has 0 spiro atoms. The van der Waals surface area contributed by atoms with Gasteiger partial charge in [-0.3, -0.25) is 9.78 Å². The zero-order valence-corrected chi connectivity index (χ0v) is 13.5. The second kappa shape index (κ2) is 5.65. The van der Waals surface area contributed by atoms with Crippen molar-refractivity contribution in [2.75, 3.05) is 5.32 Å². The molecule has 0 saturated heterocycles. The quantitative estimate of drug-likeness (QED) is 0.535. The third-order valence-electron chi connectivity index (χ3n) is 3.67. The van der Waals surface area contributed by atoms with E-state index in [4.69, 9.17) is 11.6 Å². The number of amides is 1. The number of nitrogens with zero attached hydrogens (tertiary/aromatic N) is 1. The minimum absolute atomic E-state index is 0.202. The number of pyridine rings is 1. The van der Waals surface area contributed by atoms with Crippen LogP contribution in [0.5, 0.6) is 0 Å². The summed E-state index contributed by atoms with van der Waals surface area (Å²) in [7, 11) is 0. The van der Waals surface area contributed by atoms with E-state index < -0.39 is 0 Å². The Morgan fingerprint density at radius 2 is 1.83 bits per heavy atom. The number of benzene rings is 2. The Balaban J connectivity index is 1.83. The van der Waals surface area contributed by atoms with Gasteiger partial charge in [0.15, 0.2) is 0 Å². The summed E-state index contributed by atoms with van der Waals surface area (Å²) in [5.41, 5.74) is 0.698. The van der Waals surface area contributed by atoms with Crippen molar-refractivity contribution in [1.29, 1.82) is 0 Å². The summed E-state index contributed by atoms with van der Waals surface area (Å²) >= 11 is 7.94. The van der Waals surface area contributed by atoms with E-state index in [1.807, 2.05) is 30.3 Å². The largest absolute Gasteiger partial charge is 0.321 e. The van der Waals surface area contributed by atoms with E-state index in [-0.39, 0.29) is 5.91 Å². The lowest BCUT2D eigenvalue weighted by Gasteiger charge is -2.03. The first-order chi connectivity index (χ1) is 11.2. The number of rotatable bonds is 2. The van der Waals surface area contributed by atoms with E-state index >= 15 is 0 Å². The van der Waals surface area contributed by atoms with Crippen molar-refractivity contribution in [3.8, 4) is 0 Å². The zero-order valence-electron chi connectivity index (χ0n) is 11.9. The van der Waals surface area contributed by atoms with Crippen molar-refractivity contribution >= 4 is 55.4 Å². The molecule has 0 bridgehead atoms. The molecule has 112 valence electrons. The number of carbonyl (C=O) groups excluding carboxylic acids is 1. The van der Waals surface area contributed by atoms with Crippen molar-refractivity contribution in [3.63, 3.8) is 0 Å². The van der Waals surface area contributed by atoms with Gasteiger partial charge in [0, 0.05) is 28.2 Å². The smallest absolute Gasteiger partial charge is 0.267 e. The maximum Gasteiger partial charge on any atom is 0.267 e. The Morgan fingerprint density at radius 3 is 2.65 bits per heavy atom. The first-order valence-corrected chi connectivity index (χ1v) is 8.24. The lowest BCUT2D eigenvalue weighted by molar-refractivity contribution is 0.103. The molecule has 2 aromatic heterocycles. The molecule has 0 aliphatic heterocycles. The zero-order chi connectivity index (χ0) is 15.8. The molecule has 2 aromatic carbocycles. The van der Waals surface area contributed by atoms with Gasteiger partial charge in [0.2, 0.25) is 0 Å². The highest BCUT2D eigenvalue weighted by Gasteiger charge is 2.18. The van der Waals surface area contributed by atoms with Gasteiger partial charge in [0.05, 0.1) is 5.02 Å². The van der Waals surface area contributed by atoms with Crippen LogP contribution in [0.4, 0.5) is 5.69 Å². The number of hydrogen-bond acceptors (Lipinski definition) is 3. The number of fused-ring (bicyclic) bond motifs is 3. The molecule has 0 fully saturated rings. The third kappa shape index (κ3) is 2.46. The monoisotopic (exact) mass is 338 g/mol. The van der Waals surface area contributed by atoms with Crippen molar-refractivity contribution < 1.29 is 4.79 Å². The molecule has 2 heterocycles. The molecule has 0 aliphatic rings. The topological polar surface area (TPSA) is 42.0 Å². The molecule has 4 rings (SSSR count). The number of anilines is 1. The SMILES string of the molecule is O=C(Nc1ccncc1)c1sc2ccc3ccccc3c2c1Cl. The number of aromatic nitrogens is 1. The molecule has 0 unspecified atom stereocenters. The maximum atomic E-state index is 12.5. The Labute approximate surface area is 141 Å². The number of carbonyl (C=O) groups is 1. The molecule has 0 saturated carbocycles. The van der Waals surface area contributed by atoms with Gasteiger partial charge in [-0.1, -0.05) is 41.9 Å². The molecule has 0 aliphatic carbocycles. The molecular formula is C18H11ClN2OS. The van der Waals surface area contributed by atoms with Crippen LogP contribution in [0, 0.1) is 0 Å². The maximum absolute atomic E-state index is 12.5. The van der Waals surface area contributed by atoms with Crippen LogP contribution in [-0.4, -0.2) is 10.9 Å². The van der Waals surface area contributed by atoms with E-state index in [2.05, 4.69) is 16.4 Å². The Bertz CT molecular complexity index is 1030. The Hall–Kier alpha value is -2.43. The molecule has 0 radical (unpaired) electrons. The average Bonchev–Trinajstić information content (AvgIpc) is 2.93. The minimum atomic E-state index is -0.202. The number of nitrogens with one attached hydrogen (secondary N) is 1. The normalized spacial score (nSPS) is 11.0. The lowest BCUT2D eigenvalue weighted by Crippen LogP contribution is -2.10. The average molecular weight is 339 g/mol. The summed E-state index contributed by atoms with van der Waals surface area (Å²) in [6.45, 7) is 0. The summed E-state index contributed by atoms with van der Waals surface area (Å²) in [6.07, 6.45) is 3.27. The van der Waals surface area contributed by atoms with Gasteiger partial charge >= 0.3 is 0 Å². The lowest BCUT2D eigenvalue weighted by atomic mass is 10.1. The molecule has 5 heteroatoms. The molecule has 23 heavy (non-hydrogen) atoms. The minimum Gasteiger partial charge on any atom is -0.321 e. The summed E-state index contributed by atoms with van der Waals surface area (Å²) < 4.78 is 1.01. The fourth-order valence-electron chi connectivity index (χ4n) is 2.60. The van der Waals surface area contributed by atoms with Gasteiger partial charge in [0.1, 0.15) is 4.88 Å². The van der Waals surface area contributed by atoms with E-state index in [9.17, 15) is 4.79 Å². The van der Waals surface area contributed by atoms with Crippen LogP contribution >= 0.6 is 22.9 Å². The Kier molecular flexibility index (Phi) is 3.48. The van der Waals surface area contributed by atoms with Crippen LogP contribution in [0.2, 0.25) is 5.02 Å². The first-order valence-electron chi connectivity index (χ1n) is 7.05. The molecule has 0 atom stereocenters. The van der Waals surface area contributed by atoms with Gasteiger partial charge in [-0.05, 0) is 29.0 Å². The Morgan fingerprint density at radius 1 is 1.04 bits per heavy atom. The van der Waals surface area contributed by atoms with Gasteiger partial charge in [0.25, 0.3) is 5.91 Å². The van der Waals surface area contributed by atoms with Gasteiger partial charge in [-0.25, -0.2) is 0 Å². The number of hydrogen-bond donors (Lipinski definition) is 1. The third-order valence-corrected chi connectivity index (χ3v) is 5.31. The van der Waals surface area contributed by atoms with E-state index in [1.165, 1.54) is 11.3 Å². The van der Waals surface area contributed by atoms with E-state index in [0.717, 1.165) is 20.9 Å². The first kappa shape index (κ1) is 14.2. The van der Waals surface area contributed by atoms with Gasteiger partial charge in [-0.2, -0.15) is 0 Å². The predicted molar refractivity (Wildman–Crippen MR) is 96.5 cm³/mol. The summed E-state index contributed by atoms with van der Waals surface area (Å²) in [5.74, 6) is -0.202. The highest BCUT2D eigenvalue weighted by molar-refractivity contribution is 7.22. The summed E-state index contributed by atoms with van der Waals surface area (Å²) in [4.78, 5) is 17.0. The standard InChI is InChI=1S/C18H11ClN2OS/c19-16-15-13-4-2-1-3-11(13)5-6-14(15)23-17(16)18(22)21-12-7-9-20-10-8-12/h1-10H,(H,20,21,22). The molecule has 4 aromatic rings. The van der Waals surface area contributed by atoms with E-state index in [0.29, 0.717) is 15.6 Å². The van der Waals surface area contributed by atoms with Crippen LogP contribution in [0.15, 0.2) is 60.9 Å². The molecule has 1 N–H and O–H groups in total. The van der Waals surface area contributed by atoms with Crippen LogP contribution in [0.25, 0.3) is 20.9 Å². The summed E-state index contributed by atoms with van der Waals surface area (Å²) in [6, 6.07) is 15.6. The summed E-state index contributed by atoms with van der Waals surface area (Å²) in [5, 5.41) is 6.48. The number of thiophene rings is 1. The highest BCUT2D eigenvalue weighted by atomic mass is 35.5. The number of halogens is 1. The predicted octanol–water partition coefficient (Wildman–Crippen LogP) is 5.36. The molecule has 3 nitrogen and oxygen atoms in total. The van der Waals surface area contributed by atoms with Crippen LogP contribution in [0.1, 0.15) is 9.67 Å². The van der Waals surface area contributed by atoms with Crippen LogP contribution < -0.4 is 5.32 Å². The second-order valence-corrected chi connectivity index (χ2v) is 6.53. The van der Waals surface area contributed by atoms with Crippen molar-refractivity contribution in [2.24, 2.45) is 0 Å². The molecule has 1 amide bonds. The second-order valence-electron chi connectivity index (χ2n) is 5.10.